The molecule has 0 spiro atoms. The zero-order valence-electron chi connectivity index (χ0n) is 21.6. The molecule has 3 aliphatic rings. The molecule has 0 aromatic heterocycles. The summed E-state index contributed by atoms with van der Waals surface area (Å²) in [5.74, 6) is 0. The van der Waals surface area contributed by atoms with Gasteiger partial charge in [0.2, 0.25) is 0 Å². The average molecular weight is 597 g/mol. The van der Waals surface area contributed by atoms with Crippen LogP contribution in [0.5, 0.6) is 0 Å². The van der Waals surface area contributed by atoms with Crippen molar-refractivity contribution >= 4 is 24.6 Å². The van der Waals surface area contributed by atoms with Gasteiger partial charge in [0.25, 0.3) is 0 Å². The Morgan fingerprint density at radius 1 is 0.886 bits per heavy atom. The summed E-state index contributed by atoms with van der Waals surface area (Å²) in [6.07, 6.45) is 4.44. The van der Waals surface area contributed by atoms with Gasteiger partial charge >= 0.3 is 26.2 Å². The monoisotopic (exact) mass is 594 g/mol. The van der Waals surface area contributed by atoms with E-state index in [0.29, 0.717) is 0 Å². The Balaban J connectivity index is 0.000000249. The predicted octanol–water partition coefficient (Wildman–Crippen LogP) is 2.22. The van der Waals surface area contributed by atoms with Crippen molar-refractivity contribution in [3.63, 3.8) is 0 Å². The maximum absolute atomic E-state index is 4.56. The number of allylic oxidation sites excluding steroid dienone is 4. The van der Waals surface area contributed by atoms with Gasteiger partial charge in [-0.05, 0) is 39.9 Å². The first kappa shape index (κ1) is 29.8. The normalized spacial score (nSPS) is 16.4. The molecular weight excluding hydrogens is 565 g/mol. The van der Waals surface area contributed by atoms with Crippen LogP contribution in [0.1, 0.15) is 38.8 Å². The largest absolute Gasteiger partial charge is 3.00 e. The van der Waals surface area contributed by atoms with Crippen molar-refractivity contribution in [1.29, 1.82) is 0 Å². The molecule has 0 amide bonds. The third-order valence-electron chi connectivity index (χ3n) is 7.09. The number of benzene rings is 2. The molecule has 1 radical (unpaired) electrons. The number of aryl methyl sites for hydroxylation is 1. The first-order chi connectivity index (χ1) is 15.1. The van der Waals surface area contributed by atoms with Crippen LogP contribution < -0.4 is 24.8 Å². The number of hydrogen-bond donors (Lipinski definition) is 0. The Hall–Kier alpha value is -1.38. The summed E-state index contributed by atoms with van der Waals surface area (Å²) in [6.45, 7) is 15.9. The summed E-state index contributed by atoms with van der Waals surface area (Å²) in [5.41, 5.74) is 9.55. The molecule has 3 aromatic rings. The maximum atomic E-state index is 4.56. The van der Waals surface area contributed by atoms with E-state index in [1.165, 1.54) is 50.0 Å². The zero-order chi connectivity index (χ0) is 22.8. The molecule has 0 saturated carbocycles. The molecular formula is C30H32Cl2NSiZr. The summed E-state index contributed by atoms with van der Waals surface area (Å²) in [4.78, 5) is 4.56. The predicted molar refractivity (Wildman–Crippen MR) is 142 cm³/mol. The van der Waals surface area contributed by atoms with Crippen LogP contribution in [0.4, 0.5) is 0 Å². The number of rotatable bonds is 1. The molecule has 179 valence electrons. The van der Waals surface area contributed by atoms with Crippen molar-refractivity contribution in [2.24, 2.45) is 4.99 Å². The van der Waals surface area contributed by atoms with Crippen LogP contribution in [0.3, 0.4) is 0 Å². The van der Waals surface area contributed by atoms with Gasteiger partial charge in [0.15, 0.2) is 0 Å². The minimum atomic E-state index is -1.17. The van der Waals surface area contributed by atoms with Crippen LogP contribution >= 0.6 is 0 Å². The summed E-state index contributed by atoms with van der Waals surface area (Å²) in [6, 6.07) is 20.1. The zero-order valence-corrected chi connectivity index (χ0v) is 26.5. The second-order valence-corrected chi connectivity index (χ2v) is 15.2. The molecule has 1 nitrogen and oxygen atoms in total. The van der Waals surface area contributed by atoms with Gasteiger partial charge in [-0.3, -0.25) is 4.99 Å². The standard InChI is InChI=1S/C20H21.C10H11NSi.2ClH.Zr/c1-14-12-16-6-5-7-18(19(16)13-14)15-8-10-17(11-9-15)20(2,3)4;1-6-10-9-7(11-6)4-5-8(9)12(10,2)3;;;/h5-13H,1-4H3;4-5H,1-3H3;2*1H;/q-1;;;;+3/p-2. The van der Waals surface area contributed by atoms with Crippen LogP contribution in [-0.2, 0) is 31.6 Å². The quantitative estimate of drug-likeness (QED) is 0.302. The third kappa shape index (κ3) is 5.08. The Morgan fingerprint density at radius 3 is 2.17 bits per heavy atom. The van der Waals surface area contributed by atoms with E-state index in [4.69, 9.17) is 0 Å². The summed E-state index contributed by atoms with van der Waals surface area (Å²) in [5, 5.41) is 5.92. The van der Waals surface area contributed by atoms with Crippen LogP contribution in [-0.4, -0.2) is 13.8 Å². The fraction of sp³-hybridized carbons (Fsp3) is 0.267. The van der Waals surface area contributed by atoms with E-state index in [9.17, 15) is 0 Å². The van der Waals surface area contributed by atoms with Crippen molar-refractivity contribution in [2.75, 3.05) is 0 Å². The Bertz CT molecular complexity index is 1380. The van der Waals surface area contributed by atoms with E-state index in [0.717, 1.165) is 0 Å². The van der Waals surface area contributed by atoms with Crippen molar-refractivity contribution in [2.45, 2.75) is 53.1 Å². The van der Waals surface area contributed by atoms with Gasteiger partial charge in [-0.1, -0.05) is 82.8 Å². The molecule has 0 fully saturated rings. The topological polar surface area (TPSA) is 12.4 Å². The van der Waals surface area contributed by atoms with E-state index >= 15 is 0 Å². The third-order valence-corrected chi connectivity index (χ3v) is 10.7. The van der Waals surface area contributed by atoms with E-state index in [1.54, 1.807) is 10.4 Å². The Labute approximate surface area is 242 Å². The molecule has 0 saturated heterocycles. The Kier molecular flexibility index (Phi) is 8.99. The van der Waals surface area contributed by atoms with Gasteiger partial charge in [-0.2, -0.15) is 6.07 Å². The van der Waals surface area contributed by atoms with Gasteiger partial charge < -0.3 is 24.8 Å². The minimum absolute atomic E-state index is 0. The average Bonchev–Trinajstić information content (AvgIpc) is 3.36. The van der Waals surface area contributed by atoms with E-state index in [2.05, 4.69) is 119 Å². The summed E-state index contributed by atoms with van der Waals surface area (Å²) >= 11 is 0. The number of halogens is 2. The van der Waals surface area contributed by atoms with Crippen molar-refractivity contribution in [3.8, 4) is 11.1 Å². The van der Waals surface area contributed by atoms with E-state index in [1.807, 2.05) is 0 Å². The second kappa shape index (κ2) is 10.5. The van der Waals surface area contributed by atoms with Gasteiger partial charge in [0.1, 0.15) is 8.07 Å². The van der Waals surface area contributed by atoms with E-state index in [-0.39, 0.29) is 56.4 Å². The van der Waals surface area contributed by atoms with Crippen molar-refractivity contribution in [3.05, 3.63) is 99.5 Å². The number of hydrogen-bond acceptors (Lipinski definition) is 1. The maximum Gasteiger partial charge on any atom is 3.00 e. The first-order valence-corrected chi connectivity index (χ1v) is 14.6. The molecule has 0 N–H and O–H groups in total. The number of nitrogens with zero attached hydrogens (tertiary/aromatic N) is 1. The van der Waals surface area contributed by atoms with Gasteiger partial charge in [0, 0.05) is 11.3 Å². The first-order valence-electron chi connectivity index (χ1n) is 11.6. The molecule has 0 atom stereocenters. The molecule has 5 heteroatoms. The molecule has 3 aromatic carbocycles. The smallest absolute Gasteiger partial charge is 1.00 e. The molecule has 6 rings (SSSR count). The summed E-state index contributed by atoms with van der Waals surface area (Å²) < 4.78 is 0. The van der Waals surface area contributed by atoms with Gasteiger partial charge in [-0.15, -0.1) is 34.5 Å². The van der Waals surface area contributed by atoms with Crippen LogP contribution in [0.25, 0.3) is 21.9 Å². The fourth-order valence-corrected chi connectivity index (χ4v) is 8.69. The minimum Gasteiger partial charge on any atom is -1.00 e. The molecule has 2 aliphatic heterocycles. The van der Waals surface area contributed by atoms with Gasteiger partial charge in [0.05, 0.1) is 5.70 Å². The second-order valence-electron chi connectivity index (χ2n) is 10.9. The molecule has 0 bridgehead atoms. The van der Waals surface area contributed by atoms with E-state index < -0.39 is 8.07 Å². The van der Waals surface area contributed by atoms with Crippen LogP contribution in [0, 0.1) is 6.92 Å². The molecule has 0 unspecified atom stereocenters. The molecule has 1 aliphatic carbocycles. The van der Waals surface area contributed by atoms with Crippen LogP contribution in [0.15, 0.2) is 93.4 Å². The molecule has 35 heavy (non-hydrogen) atoms. The Morgan fingerprint density at radius 2 is 1.54 bits per heavy atom. The van der Waals surface area contributed by atoms with Crippen LogP contribution in [0.2, 0.25) is 13.1 Å². The SMILES string of the molecule is CC1=NC2=CC=C3C2=C1[Si]3(C)C.Cc1cc2c(-c3ccc(C(C)(C)C)cc3)cccc2[cH-]1.[Cl-].[Cl-].[Zr+3]. The summed E-state index contributed by atoms with van der Waals surface area (Å²) in [7, 11) is -1.17. The van der Waals surface area contributed by atoms with Gasteiger partial charge in [-0.25, -0.2) is 0 Å². The van der Waals surface area contributed by atoms with Crippen molar-refractivity contribution < 1.29 is 51.0 Å². The fourth-order valence-electron chi connectivity index (χ4n) is 5.38. The van der Waals surface area contributed by atoms with Crippen molar-refractivity contribution in [1.82, 2.24) is 0 Å². The number of aliphatic imine (C=N–C) groups is 1. The number of fused-ring (bicyclic) bond motifs is 1. The molecule has 2 heterocycles.